The first kappa shape index (κ1) is 11.7. The molecule has 1 aromatic rings. The summed E-state index contributed by atoms with van der Waals surface area (Å²) in [5, 5.41) is 10.2. The van der Waals surface area contributed by atoms with Crippen LogP contribution in [0.25, 0.3) is 0 Å². The largest absolute Gasteiger partial charge is 0.393 e. The summed E-state index contributed by atoms with van der Waals surface area (Å²) >= 11 is 3.42. The van der Waals surface area contributed by atoms with Gasteiger partial charge in [0, 0.05) is 5.33 Å². The molecule has 0 radical (unpaired) electrons. The number of hydrogen-bond donors (Lipinski definition) is 1. The lowest BCUT2D eigenvalue weighted by Gasteiger charge is -2.05. The van der Waals surface area contributed by atoms with Crippen LogP contribution in [0.1, 0.15) is 24.5 Å². The Bertz CT molecular complexity index is 254. The van der Waals surface area contributed by atoms with Gasteiger partial charge in [-0.05, 0) is 37.3 Å². The maximum atomic E-state index is 9.15. The highest BCUT2D eigenvalue weighted by Gasteiger charge is 1.98. The molecule has 1 nitrogen and oxygen atoms in total. The van der Waals surface area contributed by atoms with Crippen molar-refractivity contribution < 1.29 is 5.11 Å². The first-order valence-corrected chi connectivity index (χ1v) is 6.16. The third kappa shape index (κ3) is 4.25. The molecule has 0 heterocycles. The molecule has 0 saturated carbocycles. The SMILES string of the molecule is CC(O)CCc1ccc(CCBr)cc1. The van der Waals surface area contributed by atoms with Gasteiger partial charge in [0.1, 0.15) is 0 Å². The molecule has 1 rings (SSSR count). The van der Waals surface area contributed by atoms with E-state index in [0.29, 0.717) is 0 Å². The van der Waals surface area contributed by atoms with E-state index < -0.39 is 0 Å². The normalized spacial score (nSPS) is 12.8. The summed E-state index contributed by atoms with van der Waals surface area (Å²) in [6.45, 7) is 1.83. The number of aliphatic hydroxyl groups excluding tert-OH is 1. The van der Waals surface area contributed by atoms with Crippen molar-refractivity contribution in [2.45, 2.75) is 32.3 Å². The fraction of sp³-hybridized carbons (Fsp3) is 0.500. The maximum absolute atomic E-state index is 9.15. The van der Waals surface area contributed by atoms with E-state index in [2.05, 4.69) is 40.2 Å². The zero-order chi connectivity index (χ0) is 10.4. The van der Waals surface area contributed by atoms with Crippen LogP contribution < -0.4 is 0 Å². The Labute approximate surface area is 94.3 Å². The van der Waals surface area contributed by atoms with E-state index in [-0.39, 0.29) is 6.10 Å². The number of aliphatic hydroxyl groups is 1. The van der Waals surface area contributed by atoms with Crippen molar-refractivity contribution >= 4 is 15.9 Å². The first-order valence-electron chi connectivity index (χ1n) is 5.04. The highest BCUT2D eigenvalue weighted by Crippen LogP contribution is 2.09. The molecule has 0 aliphatic carbocycles. The number of alkyl halides is 1. The van der Waals surface area contributed by atoms with Crippen LogP contribution in [-0.2, 0) is 12.8 Å². The third-order valence-electron chi connectivity index (χ3n) is 2.26. The minimum Gasteiger partial charge on any atom is -0.393 e. The highest BCUT2D eigenvalue weighted by molar-refractivity contribution is 9.09. The van der Waals surface area contributed by atoms with Gasteiger partial charge < -0.3 is 5.11 Å². The molecule has 1 N–H and O–H groups in total. The van der Waals surface area contributed by atoms with Crippen molar-refractivity contribution in [3.05, 3.63) is 35.4 Å². The van der Waals surface area contributed by atoms with Crippen LogP contribution >= 0.6 is 15.9 Å². The predicted molar refractivity (Wildman–Crippen MR) is 63.9 cm³/mol. The molecular weight excluding hydrogens is 240 g/mol. The van der Waals surface area contributed by atoms with Crippen LogP contribution in [0, 0.1) is 0 Å². The Morgan fingerprint density at radius 3 is 2.07 bits per heavy atom. The summed E-state index contributed by atoms with van der Waals surface area (Å²) in [5.74, 6) is 0. The van der Waals surface area contributed by atoms with Crippen LogP contribution in [0.4, 0.5) is 0 Å². The summed E-state index contributed by atoms with van der Waals surface area (Å²) in [6.07, 6.45) is 2.69. The fourth-order valence-electron chi connectivity index (χ4n) is 1.36. The van der Waals surface area contributed by atoms with Crippen LogP contribution in [0.15, 0.2) is 24.3 Å². The predicted octanol–water partition coefficient (Wildman–Crippen LogP) is 2.94. The molecule has 0 aliphatic rings. The molecule has 0 fully saturated rings. The lowest BCUT2D eigenvalue weighted by molar-refractivity contribution is 0.185. The van der Waals surface area contributed by atoms with Crippen molar-refractivity contribution in [3.8, 4) is 0 Å². The molecule has 1 unspecified atom stereocenters. The van der Waals surface area contributed by atoms with Crippen LogP contribution in [0.3, 0.4) is 0 Å². The van der Waals surface area contributed by atoms with Gasteiger partial charge in [0.05, 0.1) is 6.10 Å². The van der Waals surface area contributed by atoms with E-state index in [1.807, 2.05) is 6.92 Å². The Morgan fingerprint density at radius 1 is 1.14 bits per heavy atom. The van der Waals surface area contributed by atoms with Gasteiger partial charge in [-0.1, -0.05) is 40.2 Å². The number of aryl methyl sites for hydroxylation is 2. The fourth-order valence-corrected chi connectivity index (χ4v) is 1.82. The molecule has 0 aromatic heterocycles. The maximum Gasteiger partial charge on any atom is 0.0515 e. The van der Waals surface area contributed by atoms with Crippen molar-refractivity contribution in [1.82, 2.24) is 0 Å². The smallest absolute Gasteiger partial charge is 0.0515 e. The summed E-state index contributed by atoms with van der Waals surface area (Å²) in [7, 11) is 0. The van der Waals surface area contributed by atoms with Gasteiger partial charge in [-0.2, -0.15) is 0 Å². The molecule has 0 amide bonds. The molecule has 2 heteroatoms. The quantitative estimate of drug-likeness (QED) is 0.804. The molecule has 1 atom stereocenters. The van der Waals surface area contributed by atoms with E-state index in [1.165, 1.54) is 11.1 Å². The number of halogens is 1. The van der Waals surface area contributed by atoms with Crippen molar-refractivity contribution in [2.24, 2.45) is 0 Å². The first-order chi connectivity index (χ1) is 6.72. The lowest BCUT2D eigenvalue weighted by atomic mass is 10.0. The average Bonchev–Trinajstić information content (AvgIpc) is 2.17. The Kier molecular flexibility index (Phi) is 5.20. The second-order valence-corrected chi connectivity index (χ2v) is 4.44. The Hall–Kier alpha value is -0.340. The molecule has 1 aromatic carbocycles. The molecular formula is C12H17BrO. The van der Waals surface area contributed by atoms with Crippen LogP contribution in [-0.4, -0.2) is 16.5 Å². The number of rotatable bonds is 5. The summed E-state index contributed by atoms with van der Waals surface area (Å²) in [5.41, 5.74) is 2.67. The van der Waals surface area contributed by atoms with Gasteiger partial charge in [0.25, 0.3) is 0 Å². The zero-order valence-corrected chi connectivity index (χ0v) is 10.1. The highest BCUT2D eigenvalue weighted by atomic mass is 79.9. The lowest BCUT2D eigenvalue weighted by Crippen LogP contribution is -2.01. The summed E-state index contributed by atoms with van der Waals surface area (Å²) in [6, 6.07) is 8.64. The van der Waals surface area contributed by atoms with Gasteiger partial charge in [0.15, 0.2) is 0 Å². The number of benzene rings is 1. The topological polar surface area (TPSA) is 20.2 Å². The summed E-state index contributed by atoms with van der Waals surface area (Å²) < 4.78 is 0. The van der Waals surface area contributed by atoms with Gasteiger partial charge in [0.2, 0.25) is 0 Å². The standard InChI is InChI=1S/C12H17BrO/c1-10(14)2-3-11-4-6-12(7-5-11)8-9-13/h4-7,10,14H,2-3,8-9H2,1H3. The molecule has 0 bridgehead atoms. The Balaban J connectivity index is 2.46. The monoisotopic (exact) mass is 256 g/mol. The second-order valence-electron chi connectivity index (χ2n) is 3.64. The zero-order valence-electron chi connectivity index (χ0n) is 8.54. The van der Waals surface area contributed by atoms with Crippen molar-refractivity contribution in [1.29, 1.82) is 0 Å². The molecule has 0 spiro atoms. The number of hydrogen-bond acceptors (Lipinski definition) is 1. The minimum absolute atomic E-state index is 0.197. The van der Waals surface area contributed by atoms with Crippen LogP contribution in [0.5, 0.6) is 0 Å². The van der Waals surface area contributed by atoms with Crippen molar-refractivity contribution in [2.75, 3.05) is 5.33 Å². The van der Waals surface area contributed by atoms with Gasteiger partial charge in [-0.3, -0.25) is 0 Å². The minimum atomic E-state index is -0.197. The van der Waals surface area contributed by atoms with Crippen LogP contribution in [0.2, 0.25) is 0 Å². The molecule has 0 aliphatic heterocycles. The third-order valence-corrected chi connectivity index (χ3v) is 2.65. The van der Waals surface area contributed by atoms with Gasteiger partial charge in [-0.25, -0.2) is 0 Å². The van der Waals surface area contributed by atoms with Gasteiger partial charge >= 0.3 is 0 Å². The van der Waals surface area contributed by atoms with E-state index in [9.17, 15) is 0 Å². The van der Waals surface area contributed by atoms with Crippen molar-refractivity contribution in [3.63, 3.8) is 0 Å². The molecule has 14 heavy (non-hydrogen) atoms. The Morgan fingerprint density at radius 2 is 1.64 bits per heavy atom. The second kappa shape index (κ2) is 6.20. The van der Waals surface area contributed by atoms with E-state index in [1.54, 1.807) is 0 Å². The summed E-state index contributed by atoms with van der Waals surface area (Å²) in [4.78, 5) is 0. The average molecular weight is 257 g/mol. The van der Waals surface area contributed by atoms with Gasteiger partial charge in [-0.15, -0.1) is 0 Å². The molecule has 78 valence electrons. The van der Waals surface area contributed by atoms with E-state index in [0.717, 1.165) is 24.6 Å². The van der Waals surface area contributed by atoms with E-state index >= 15 is 0 Å². The van der Waals surface area contributed by atoms with E-state index in [4.69, 9.17) is 5.11 Å². The molecule has 0 saturated heterocycles.